The molecule has 2 nitrogen and oxygen atoms in total. The smallest absolute Gasteiger partial charge is 0.147 e. The minimum atomic E-state index is 0.849. The second-order valence-corrected chi connectivity index (χ2v) is 8.92. The third-order valence-corrected chi connectivity index (χ3v) is 7.04. The largest absolute Gasteiger partial charge is 0.456 e. The second-order valence-electron chi connectivity index (χ2n) is 8.92. The molecule has 0 spiro atoms. The van der Waals surface area contributed by atoms with Crippen LogP contribution in [0.25, 0.3) is 76.5 Å². The third kappa shape index (κ3) is 2.35. The van der Waals surface area contributed by atoms with Crippen molar-refractivity contribution in [1.82, 2.24) is 0 Å². The van der Waals surface area contributed by atoms with Gasteiger partial charge >= 0.3 is 0 Å². The summed E-state index contributed by atoms with van der Waals surface area (Å²) in [5, 5.41) is 9.34. The molecule has 8 rings (SSSR count). The summed E-state index contributed by atoms with van der Waals surface area (Å²) in [6, 6.07) is 38.4. The zero-order valence-corrected chi connectivity index (χ0v) is 18.2. The molecule has 0 bridgehead atoms. The number of benzene rings is 6. The number of rotatable bonds is 1. The van der Waals surface area contributed by atoms with Crippen molar-refractivity contribution in [2.24, 2.45) is 0 Å². The fraction of sp³-hybridized carbons (Fsp3) is 0. The van der Waals surface area contributed by atoms with Gasteiger partial charge in [-0.3, -0.25) is 0 Å². The summed E-state index contributed by atoms with van der Waals surface area (Å²) in [5.74, 6) is 0. The van der Waals surface area contributed by atoms with Crippen LogP contribution in [0.5, 0.6) is 0 Å². The molecule has 2 heteroatoms. The Morgan fingerprint density at radius 3 is 1.88 bits per heavy atom. The molecule has 0 amide bonds. The monoisotopic (exact) mass is 434 g/mol. The molecule has 0 radical (unpaired) electrons. The van der Waals surface area contributed by atoms with Gasteiger partial charge < -0.3 is 8.83 Å². The van der Waals surface area contributed by atoms with Gasteiger partial charge in [0.05, 0.1) is 5.39 Å². The Morgan fingerprint density at radius 2 is 1.09 bits per heavy atom. The lowest BCUT2D eigenvalue weighted by atomic mass is 9.91. The standard InChI is InChI=1S/C32H18O2/c1-3-9-22-19(7-1)17-20-8-2-4-10-23(20)30(22)21-13-14-26-29(18-21)33-28-16-15-25-24-11-5-6-12-27(24)34-32(25)31(26)28/h1-18H. The first-order chi connectivity index (χ1) is 16.8. The van der Waals surface area contributed by atoms with E-state index in [1.54, 1.807) is 0 Å². The molecule has 158 valence electrons. The van der Waals surface area contributed by atoms with Gasteiger partial charge in [0, 0.05) is 16.2 Å². The fourth-order valence-corrected chi connectivity index (χ4v) is 5.52. The molecule has 8 aromatic rings. The van der Waals surface area contributed by atoms with Crippen LogP contribution in [0.3, 0.4) is 0 Å². The molecule has 0 aliphatic rings. The van der Waals surface area contributed by atoms with E-state index < -0.39 is 0 Å². The topological polar surface area (TPSA) is 26.3 Å². The first-order valence-corrected chi connectivity index (χ1v) is 11.5. The Hall–Kier alpha value is -4.56. The van der Waals surface area contributed by atoms with Crippen molar-refractivity contribution in [2.45, 2.75) is 0 Å². The molecule has 2 aromatic heterocycles. The van der Waals surface area contributed by atoms with Gasteiger partial charge in [-0.25, -0.2) is 0 Å². The molecule has 0 saturated heterocycles. The maximum atomic E-state index is 6.38. The lowest BCUT2D eigenvalue weighted by Crippen LogP contribution is -1.85. The second kappa shape index (κ2) is 6.49. The molecule has 2 heterocycles. The lowest BCUT2D eigenvalue weighted by Gasteiger charge is -2.12. The maximum absolute atomic E-state index is 6.38. The van der Waals surface area contributed by atoms with E-state index >= 15 is 0 Å². The predicted molar refractivity (Wildman–Crippen MR) is 141 cm³/mol. The van der Waals surface area contributed by atoms with Crippen LogP contribution in [-0.4, -0.2) is 0 Å². The first kappa shape index (κ1) is 17.9. The number of para-hydroxylation sites is 1. The van der Waals surface area contributed by atoms with Crippen molar-refractivity contribution < 1.29 is 8.83 Å². The zero-order chi connectivity index (χ0) is 22.2. The Morgan fingerprint density at radius 1 is 0.412 bits per heavy atom. The number of furan rings is 2. The van der Waals surface area contributed by atoms with Crippen molar-refractivity contribution in [2.75, 3.05) is 0 Å². The molecule has 0 saturated carbocycles. The minimum Gasteiger partial charge on any atom is -0.456 e. The highest BCUT2D eigenvalue weighted by molar-refractivity contribution is 6.22. The summed E-state index contributed by atoms with van der Waals surface area (Å²) in [6.45, 7) is 0. The van der Waals surface area contributed by atoms with Crippen LogP contribution in [-0.2, 0) is 0 Å². The number of hydrogen-bond donors (Lipinski definition) is 0. The van der Waals surface area contributed by atoms with Crippen LogP contribution in [0.4, 0.5) is 0 Å². The molecule has 34 heavy (non-hydrogen) atoms. The molecular weight excluding hydrogens is 416 g/mol. The van der Waals surface area contributed by atoms with E-state index in [-0.39, 0.29) is 0 Å². The highest BCUT2D eigenvalue weighted by Crippen LogP contribution is 2.42. The van der Waals surface area contributed by atoms with Gasteiger partial charge in [0.15, 0.2) is 0 Å². The summed E-state index contributed by atoms with van der Waals surface area (Å²) in [6.07, 6.45) is 0. The molecule has 0 atom stereocenters. The van der Waals surface area contributed by atoms with Crippen molar-refractivity contribution in [1.29, 1.82) is 0 Å². The summed E-state index contributed by atoms with van der Waals surface area (Å²) < 4.78 is 12.7. The maximum Gasteiger partial charge on any atom is 0.147 e. The van der Waals surface area contributed by atoms with Crippen LogP contribution in [0.2, 0.25) is 0 Å². The molecular formula is C32H18O2. The summed E-state index contributed by atoms with van der Waals surface area (Å²) >= 11 is 0. The summed E-state index contributed by atoms with van der Waals surface area (Å²) in [4.78, 5) is 0. The zero-order valence-electron chi connectivity index (χ0n) is 18.2. The van der Waals surface area contributed by atoms with E-state index in [9.17, 15) is 0 Å². The van der Waals surface area contributed by atoms with Crippen LogP contribution < -0.4 is 0 Å². The highest BCUT2D eigenvalue weighted by Gasteiger charge is 2.17. The molecule has 6 aromatic carbocycles. The van der Waals surface area contributed by atoms with E-state index in [2.05, 4.69) is 97.1 Å². The third-order valence-electron chi connectivity index (χ3n) is 7.04. The van der Waals surface area contributed by atoms with Gasteiger partial charge in [-0.1, -0.05) is 72.8 Å². The van der Waals surface area contributed by atoms with Gasteiger partial charge in [-0.15, -0.1) is 0 Å². The minimum absolute atomic E-state index is 0.849. The Bertz CT molecular complexity index is 2020. The van der Waals surface area contributed by atoms with Crippen LogP contribution in [0.1, 0.15) is 0 Å². The van der Waals surface area contributed by atoms with E-state index in [0.717, 1.165) is 49.4 Å². The Kier molecular flexibility index (Phi) is 3.42. The van der Waals surface area contributed by atoms with Gasteiger partial charge in [-0.05, 0) is 69.1 Å². The fourth-order valence-electron chi connectivity index (χ4n) is 5.52. The Labute approximate surface area is 194 Å². The van der Waals surface area contributed by atoms with Crippen molar-refractivity contribution >= 4 is 65.4 Å². The van der Waals surface area contributed by atoms with Crippen LogP contribution in [0.15, 0.2) is 118 Å². The molecule has 0 N–H and O–H groups in total. The van der Waals surface area contributed by atoms with E-state index in [1.165, 1.54) is 27.1 Å². The highest BCUT2D eigenvalue weighted by atomic mass is 16.3. The molecule has 0 aliphatic carbocycles. The predicted octanol–water partition coefficient (Wildman–Crippen LogP) is 9.46. The van der Waals surface area contributed by atoms with Crippen molar-refractivity contribution in [3.8, 4) is 11.1 Å². The van der Waals surface area contributed by atoms with Crippen LogP contribution >= 0.6 is 0 Å². The summed E-state index contributed by atoms with van der Waals surface area (Å²) in [7, 11) is 0. The van der Waals surface area contributed by atoms with E-state index in [4.69, 9.17) is 8.83 Å². The quantitative estimate of drug-likeness (QED) is 0.240. The normalized spacial score (nSPS) is 12.1. The van der Waals surface area contributed by atoms with Gasteiger partial charge in [0.2, 0.25) is 0 Å². The SMILES string of the molecule is c1ccc2c(-c3ccc4c(c3)oc3ccc5c6ccccc6oc5c34)c3ccccc3cc2c1. The summed E-state index contributed by atoms with van der Waals surface area (Å²) in [5.41, 5.74) is 5.91. The molecule has 0 aliphatic heterocycles. The first-order valence-electron chi connectivity index (χ1n) is 11.5. The molecule has 0 unspecified atom stereocenters. The average molecular weight is 434 g/mol. The van der Waals surface area contributed by atoms with Crippen molar-refractivity contribution in [3.05, 3.63) is 109 Å². The lowest BCUT2D eigenvalue weighted by molar-refractivity contribution is 0.663. The van der Waals surface area contributed by atoms with Gasteiger partial charge in [-0.2, -0.15) is 0 Å². The Balaban J connectivity index is 1.47. The molecule has 0 fully saturated rings. The van der Waals surface area contributed by atoms with Crippen molar-refractivity contribution in [3.63, 3.8) is 0 Å². The van der Waals surface area contributed by atoms with Gasteiger partial charge in [0.1, 0.15) is 22.3 Å². The van der Waals surface area contributed by atoms with Gasteiger partial charge in [0.25, 0.3) is 0 Å². The van der Waals surface area contributed by atoms with E-state index in [1.807, 2.05) is 12.1 Å². The van der Waals surface area contributed by atoms with E-state index in [0.29, 0.717) is 0 Å². The number of fused-ring (bicyclic) bond motifs is 9. The average Bonchev–Trinajstić information content (AvgIpc) is 3.44. The number of hydrogen-bond acceptors (Lipinski definition) is 2. The van der Waals surface area contributed by atoms with Crippen LogP contribution in [0, 0.1) is 0 Å².